The van der Waals surface area contributed by atoms with Crippen molar-refractivity contribution in [2.45, 2.75) is 0 Å². The SMILES string of the molecule is COc1ccc(N=C2NC(=O)C(=Cc3ccc(OCC(=O)Nc4ccccc4)c(OC)c3)S2)cc1. The first kappa shape index (κ1) is 23.9. The minimum absolute atomic E-state index is 0.171. The summed E-state index contributed by atoms with van der Waals surface area (Å²) in [6.07, 6.45) is 1.74. The molecule has 0 spiro atoms. The maximum absolute atomic E-state index is 12.4. The molecule has 0 saturated carbocycles. The minimum atomic E-state index is -0.285. The predicted molar refractivity (Wildman–Crippen MR) is 137 cm³/mol. The smallest absolute Gasteiger partial charge is 0.264 e. The van der Waals surface area contributed by atoms with E-state index in [-0.39, 0.29) is 18.4 Å². The molecule has 0 aromatic heterocycles. The fourth-order valence-corrected chi connectivity index (χ4v) is 4.00. The second-order valence-corrected chi connectivity index (χ2v) is 8.32. The monoisotopic (exact) mass is 489 g/mol. The molecule has 0 bridgehead atoms. The lowest BCUT2D eigenvalue weighted by Crippen LogP contribution is -2.20. The molecule has 8 nitrogen and oxygen atoms in total. The summed E-state index contributed by atoms with van der Waals surface area (Å²) < 4.78 is 16.2. The molecule has 0 radical (unpaired) electrons. The molecule has 178 valence electrons. The number of amides is 2. The lowest BCUT2D eigenvalue weighted by molar-refractivity contribution is -0.118. The van der Waals surface area contributed by atoms with Gasteiger partial charge in [0.2, 0.25) is 0 Å². The van der Waals surface area contributed by atoms with Crippen LogP contribution >= 0.6 is 11.8 Å². The van der Waals surface area contributed by atoms with Gasteiger partial charge in [0, 0.05) is 5.69 Å². The molecular weight excluding hydrogens is 466 g/mol. The molecule has 1 aliphatic rings. The number of hydrogen-bond donors (Lipinski definition) is 2. The van der Waals surface area contributed by atoms with Gasteiger partial charge in [0.25, 0.3) is 11.8 Å². The molecule has 0 atom stereocenters. The molecule has 1 aliphatic heterocycles. The summed E-state index contributed by atoms with van der Waals surface area (Å²) in [6.45, 7) is -0.171. The Morgan fingerprint density at radius 2 is 1.77 bits per heavy atom. The van der Waals surface area contributed by atoms with Crippen molar-refractivity contribution in [2.75, 3.05) is 26.1 Å². The molecule has 3 aromatic rings. The van der Waals surface area contributed by atoms with Crippen LogP contribution in [0.4, 0.5) is 11.4 Å². The van der Waals surface area contributed by atoms with Gasteiger partial charge in [-0.3, -0.25) is 9.59 Å². The van der Waals surface area contributed by atoms with Gasteiger partial charge in [-0.15, -0.1) is 0 Å². The van der Waals surface area contributed by atoms with E-state index in [1.807, 2.05) is 30.3 Å². The number of hydrogen-bond acceptors (Lipinski definition) is 7. The van der Waals surface area contributed by atoms with Crippen molar-refractivity contribution in [3.05, 3.63) is 83.3 Å². The summed E-state index contributed by atoms with van der Waals surface area (Å²) in [5.74, 6) is 1.08. The van der Waals surface area contributed by atoms with Gasteiger partial charge in [-0.25, -0.2) is 4.99 Å². The van der Waals surface area contributed by atoms with Crippen LogP contribution in [-0.2, 0) is 9.59 Å². The van der Waals surface area contributed by atoms with Gasteiger partial charge >= 0.3 is 0 Å². The van der Waals surface area contributed by atoms with Crippen LogP contribution in [0.2, 0.25) is 0 Å². The lowest BCUT2D eigenvalue weighted by Gasteiger charge is -2.11. The Bertz CT molecular complexity index is 1270. The van der Waals surface area contributed by atoms with Crippen molar-refractivity contribution in [3.63, 3.8) is 0 Å². The molecule has 3 aromatic carbocycles. The van der Waals surface area contributed by atoms with Crippen LogP contribution in [0.15, 0.2) is 82.7 Å². The maximum Gasteiger partial charge on any atom is 0.264 e. The molecular formula is C26H23N3O5S. The van der Waals surface area contributed by atoms with Crippen molar-refractivity contribution >= 4 is 46.2 Å². The number of benzene rings is 3. The number of amidine groups is 1. The van der Waals surface area contributed by atoms with Crippen LogP contribution in [0.1, 0.15) is 5.56 Å². The quantitative estimate of drug-likeness (QED) is 0.449. The van der Waals surface area contributed by atoms with Crippen LogP contribution in [0.5, 0.6) is 17.2 Å². The fourth-order valence-electron chi connectivity index (χ4n) is 3.16. The van der Waals surface area contributed by atoms with E-state index in [2.05, 4.69) is 15.6 Å². The zero-order valence-electron chi connectivity index (χ0n) is 19.1. The van der Waals surface area contributed by atoms with Gasteiger partial charge < -0.3 is 24.8 Å². The topological polar surface area (TPSA) is 98.3 Å². The molecule has 1 fully saturated rings. The number of anilines is 1. The summed E-state index contributed by atoms with van der Waals surface area (Å²) in [5.41, 5.74) is 2.14. The van der Waals surface area contributed by atoms with Crippen LogP contribution in [0.25, 0.3) is 6.08 Å². The number of rotatable bonds is 8. The van der Waals surface area contributed by atoms with E-state index in [1.165, 1.54) is 18.9 Å². The van der Waals surface area contributed by atoms with Gasteiger partial charge in [0.15, 0.2) is 23.3 Å². The van der Waals surface area contributed by atoms with Crippen molar-refractivity contribution in [2.24, 2.45) is 4.99 Å². The van der Waals surface area contributed by atoms with E-state index < -0.39 is 0 Å². The van der Waals surface area contributed by atoms with Gasteiger partial charge in [-0.2, -0.15) is 0 Å². The molecule has 1 saturated heterocycles. The average Bonchev–Trinajstić information content (AvgIpc) is 3.22. The third kappa shape index (κ3) is 6.42. The number of aliphatic imine (C=N–C) groups is 1. The highest BCUT2D eigenvalue weighted by Gasteiger charge is 2.24. The number of carbonyl (C=O) groups excluding carboxylic acids is 2. The average molecular weight is 490 g/mol. The number of para-hydroxylation sites is 1. The highest BCUT2D eigenvalue weighted by molar-refractivity contribution is 8.18. The largest absolute Gasteiger partial charge is 0.497 e. The summed E-state index contributed by atoms with van der Waals surface area (Å²) >= 11 is 1.25. The Kier molecular flexibility index (Phi) is 7.69. The first-order chi connectivity index (χ1) is 17.0. The summed E-state index contributed by atoms with van der Waals surface area (Å²) in [4.78, 5) is 29.5. The van der Waals surface area contributed by atoms with E-state index in [1.54, 1.807) is 55.7 Å². The molecule has 0 unspecified atom stereocenters. The number of nitrogens with one attached hydrogen (secondary N) is 2. The van der Waals surface area contributed by atoms with Crippen molar-refractivity contribution < 1.29 is 23.8 Å². The molecule has 0 aliphatic carbocycles. The minimum Gasteiger partial charge on any atom is -0.497 e. The van der Waals surface area contributed by atoms with E-state index in [0.29, 0.717) is 32.9 Å². The number of nitrogens with zero attached hydrogens (tertiary/aromatic N) is 1. The number of thioether (sulfide) groups is 1. The van der Waals surface area contributed by atoms with Crippen LogP contribution < -0.4 is 24.8 Å². The number of ether oxygens (including phenoxy) is 3. The Hall–Kier alpha value is -4.24. The van der Waals surface area contributed by atoms with Gasteiger partial charge in [0.1, 0.15) is 5.75 Å². The third-order valence-electron chi connectivity index (χ3n) is 4.86. The Morgan fingerprint density at radius 1 is 1.00 bits per heavy atom. The van der Waals surface area contributed by atoms with Crippen LogP contribution in [0, 0.1) is 0 Å². The van der Waals surface area contributed by atoms with E-state index >= 15 is 0 Å². The zero-order valence-corrected chi connectivity index (χ0v) is 19.9. The fraction of sp³-hybridized carbons (Fsp3) is 0.115. The van der Waals surface area contributed by atoms with Crippen LogP contribution in [-0.4, -0.2) is 37.8 Å². The predicted octanol–water partition coefficient (Wildman–Crippen LogP) is 4.61. The Morgan fingerprint density at radius 3 is 2.49 bits per heavy atom. The molecule has 35 heavy (non-hydrogen) atoms. The van der Waals surface area contributed by atoms with Gasteiger partial charge in [-0.1, -0.05) is 24.3 Å². The molecule has 2 amide bonds. The van der Waals surface area contributed by atoms with Crippen molar-refractivity contribution in [1.82, 2.24) is 5.32 Å². The summed E-state index contributed by atoms with van der Waals surface area (Å²) in [7, 11) is 3.11. The van der Waals surface area contributed by atoms with E-state index in [4.69, 9.17) is 14.2 Å². The highest BCUT2D eigenvalue weighted by Crippen LogP contribution is 2.32. The molecule has 4 rings (SSSR count). The molecule has 2 N–H and O–H groups in total. The first-order valence-electron chi connectivity index (χ1n) is 10.6. The second-order valence-electron chi connectivity index (χ2n) is 7.29. The van der Waals surface area contributed by atoms with Gasteiger partial charge in [0.05, 0.1) is 24.8 Å². The molecule has 1 heterocycles. The number of carbonyl (C=O) groups is 2. The zero-order chi connectivity index (χ0) is 24.6. The van der Waals surface area contributed by atoms with Crippen molar-refractivity contribution in [3.8, 4) is 17.2 Å². The highest BCUT2D eigenvalue weighted by atomic mass is 32.2. The van der Waals surface area contributed by atoms with Crippen LogP contribution in [0.3, 0.4) is 0 Å². The maximum atomic E-state index is 12.4. The van der Waals surface area contributed by atoms with E-state index in [9.17, 15) is 9.59 Å². The third-order valence-corrected chi connectivity index (χ3v) is 5.77. The van der Waals surface area contributed by atoms with E-state index in [0.717, 1.165) is 11.3 Å². The number of methoxy groups -OCH3 is 2. The Balaban J connectivity index is 1.41. The molecule has 9 heteroatoms. The summed E-state index contributed by atoms with van der Waals surface area (Å²) in [5, 5.41) is 6.02. The Labute approximate surface area is 207 Å². The first-order valence-corrected chi connectivity index (χ1v) is 11.4. The second kappa shape index (κ2) is 11.3. The summed E-state index contributed by atoms with van der Waals surface area (Å²) in [6, 6.07) is 21.6. The van der Waals surface area contributed by atoms with Crippen molar-refractivity contribution in [1.29, 1.82) is 0 Å². The normalized spacial score (nSPS) is 15.1. The lowest BCUT2D eigenvalue weighted by atomic mass is 10.2. The standard InChI is InChI=1S/C26H23N3O5S/c1-32-20-11-9-19(10-12-20)28-26-29-25(31)23(35-26)15-17-8-13-21(22(14-17)33-2)34-16-24(30)27-18-6-4-3-5-7-18/h3-15H,16H2,1-2H3,(H,27,30)(H,28,29,31). The van der Waals surface area contributed by atoms with Gasteiger partial charge in [-0.05, 0) is 71.9 Å².